The second-order valence-corrected chi connectivity index (χ2v) is 7.29. The van der Waals surface area contributed by atoms with Crippen LogP contribution in [0.3, 0.4) is 0 Å². The molecule has 102 valence electrons. The van der Waals surface area contributed by atoms with Crippen molar-refractivity contribution in [2.75, 3.05) is 13.6 Å². The number of hydrogen-bond donors (Lipinski definition) is 1. The van der Waals surface area contributed by atoms with Gasteiger partial charge in [-0.3, -0.25) is 0 Å². The normalized spacial score (nSPS) is 13.8. The summed E-state index contributed by atoms with van der Waals surface area (Å²) in [6.45, 7) is 5.52. The maximum Gasteiger partial charge on any atom is 0.422 e. The van der Waals surface area contributed by atoms with Gasteiger partial charge in [-0.15, -0.1) is 0 Å². The van der Waals surface area contributed by atoms with Crippen LogP contribution in [0.15, 0.2) is 0 Å². The summed E-state index contributed by atoms with van der Waals surface area (Å²) in [6, 6.07) is 0. The lowest BCUT2D eigenvalue weighted by Crippen LogP contribution is -2.42. The smallest absolute Gasteiger partial charge is 0.422 e. The minimum absolute atomic E-state index is 0.211. The van der Waals surface area contributed by atoms with Gasteiger partial charge in [0.05, 0.1) is 6.10 Å². The molecule has 0 saturated heterocycles. The summed E-state index contributed by atoms with van der Waals surface area (Å²) in [4.78, 5) is 11.4. The Morgan fingerprint density at radius 3 is 2.35 bits per heavy atom. The monoisotopic (exact) mass is 330 g/mol. The van der Waals surface area contributed by atoms with Crippen molar-refractivity contribution >= 4 is 32.2 Å². The van der Waals surface area contributed by atoms with E-state index < -0.39 is 16.3 Å². The lowest BCUT2D eigenvalue weighted by Gasteiger charge is -2.18. The first kappa shape index (κ1) is 16.7. The van der Waals surface area contributed by atoms with E-state index in [2.05, 4.69) is 15.9 Å². The van der Waals surface area contributed by atoms with Crippen LogP contribution in [0.25, 0.3) is 0 Å². The highest BCUT2D eigenvalue weighted by molar-refractivity contribution is 9.09. The van der Waals surface area contributed by atoms with E-state index in [4.69, 9.17) is 4.74 Å². The molecule has 6 nitrogen and oxygen atoms in total. The molecule has 0 rings (SSSR count). The van der Waals surface area contributed by atoms with Gasteiger partial charge in [0, 0.05) is 18.4 Å². The summed E-state index contributed by atoms with van der Waals surface area (Å²) in [5.41, 5.74) is 0. The number of rotatable bonds is 6. The van der Waals surface area contributed by atoms with Gasteiger partial charge in [-0.2, -0.15) is 12.7 Å². The highest BCUT2D eigenvalue weighted by atomic mass is 79.9. The van der Waals surface area contributed by atoms with E-state index in [0.717, 1.165) is 4.31 Å². The molecule has 0 aliphatic rings. The fourth-order valence-corrected chi connectivity index (χ4v) is 1.87. The third-order valence-corrected chi connectivity index (χ3v) is 3.69. The van der Waals surface area contributed by atoms with E-state index in [1.165, 1.54) is 7.05 Å². The van der Waals surface area contributed by atoms with Crippen LogP contribution in [0, 0.1) is 0 Å². The minimum Gasteiger partial charge on any atom is -0.446 e. The molecule has 1 atom stereocenters. The van der Waals surface area contributed by atoms with Crippen molar-refractivity contribution in [3.05, 3.63) is 0 Å². The van der Waals surface area contributed by atoms with E-state index in [0.29, 0.717) is 13.0 Å². The Hall–Kier alpha value is -0.340. The number of nitrogens with zero attached hydrogens (tertiary/aromatic N) is 1. The summed E-state index contributed by atoms with van der Waals surface area (Å²) in [5.74, 6) is 0. The Labute approximate surface area is 111 Å². The molecule has 0 fully saturated rings. The van der Waals surface area contributed by atoms with Crippen LogP contribution < -0.4 is 4.72 Å². The van der Waals surface area contributed by atoms with Crippen molar-refractivity contribution in [2.24, 2.45) is 0 Å². The number of hydrogen-bond acceptors (Lipinski definition) is 4. The number of ether oxygens (including phenoxy) is 1. The zero-order chi connectivity index (χ0) is 13.6. The molecule has 8 heteroatoms. The molecule has 0 saturated carbocycles. The Morgan fingerprint density at radius 1 is 1.41 bits per heavy atom. The molecule has 1 N–H and O–H groups in total. The van der Waals surface area contributed by atoms with Gasteiger partial charge in [-0.05, 0) is 20.3 Å². The van der Waals surface area contributed by atoms with Crippen molar-refractivity contribution in [2.45, 2.75) is 38.1 Å². The molecule has 0 radical (unpaired) electrons. The van der Waals surface area contributed by atoms with Crippen LogP contribution in [0.1, 0.15) is 27.2 Å². The maximum absolute atomic E-state index is 11.6. The van der Waals surface area contributed by atoms with Gasteiger partial charge in [0.2, 0.25) is 0 Å². The van der Waals surface area contributed by atoms with Gasteiger partial charge in [0.15, 0.2) is 0 Å². The predicted octanol–water partition coefficient (Wildman–Crippen LogP) is 1.47. The average Bonchev–Trinajstić information content (AvgIpc) is 2.11. The second kappa shape index (κ2) is 7.17. The summed E-state index contributed by atoms with van der Waals surface area (Å²) in [6.07, 6.45) is -0.673. The molecule has 0 heterocycles. The van der Waals surface area contributed by atoms with Gasteiger partial charge in [0.1, 0.15) is 0 Å². The van der Waals surface area contributed by atoms with Gasteiger partial charge < -0.3 is 4.74 Å². The molecule has 0 aromatic rings. The largest absolute Gasteiger partial charge is 0.446 e. The molecule has 0 aliphatic carbocycles. The maximum atomic E-state index is 11.6. The lowest BCUT2D eigenvalue weighted by atomic mass is 10.3. The Kier molecular flexibility index (Phi) is 7.03. The fourth-order valence-electron chi connectivity index (χ4n) is 0.901. The first-order valence-electron chi connectivity index (χ1n) is 5.24. The first-order valence-corrected chi connectivity index (χ1v) is 7.59. The second-order valence-electron chi connectivity index (χ2n) is 3.95. The zero-order valence-electron chi connectivity index (χ0n) is 10.4. The zero-order valence-corrected chi connectivity index (χ0v) is 12.8. The molecular formula is C9H19BrN2O4S. The summed E-state index contributed by atoms with van der Waals surface area (Å²) >= 11 is 3.32. The number of carbonyl (C=O) groups excluding carboxylic acids is 1. The Bertz CT molecular complexity index is 343. The third-order valence-electron chi connectivity index (χ3n) is 1.81. The number of nitrogens with one attached hydrogen (secondary N) is 1. The summed E-state index contributed by atoms with van der Waals surface area (Å²) in [5, 5.41) is 0. The van der Waals surface area contributed by atoms with E-state index in [9.17, 15) is 13.2 Å². The van der Waals surface area contributed by atoms with E-state index in [1.54, 1.807) is 13.8 Å². The van der Waals surface area contributed by atoms with Crippen molar-refractivity contribution in [3.63, 3.8) is 0 Å². The number of amides is 1. The highest BCUT2D eigenvalue weighted by Gasteiger charge is 2.21. The van der Waals surface area contributed by atoms with E-state index >= 15 is 0 Å². The number of halogens is 1. The SMILES string of the molecule is CC(Br)CCN(C)S(=O)(=O)NC(=O)OC(C)C. The Balaban J connectivity index is 4.32. The quantitative estimate of drug-likeness (QED) is 0.748. The van der Waals surface area contributed by atoms with Crippen molar-refractivity contribution in [1.29, 1.82) is 0 Å². The van der Waals surface area contributed by atoms with E-state index in [1.807, 2.05) is 11.6 Å². The molecule has 0 spiro atoms. The van der Waals surface area contributed by atoms with Gasteiger partial charge in [0.25, 0.3) is 0 Å². The Morgan fingerprint density at radius 2 is 1.94 bits per heavy atom. The molecule has 0 aliphatic heterocycles. The molecule has 0 aromatic carbocycles. The third kappa shape index (κ3) is 7.56. The molecule has 0 aromatic heterocycles. The van der Waals surface area contributed by atoms with Crippen molar-refractivity contribution in [3.8, 4) is 0 Å². The number of carbonyl (C=O) groups is 1. The average molecular weight is 331 g/mol. The lowest BCUT2D eigenvalue weighted by molar-refractivity contribution is 0.121. The molecule has 17 heavy (non-hydrogen) atoms. The summed E-state index contributed by atoms with van der Waals surface area (Å²) in [7, 11) is -2.41. The fraction of sp³-hybridized carbons (Fsp3) is 0.889. The number of alkyl halides is 1. The van der Waals surface area contributed by atoms with Crippen LogP contribution in [-0.4, -0.2) is 43.3 Å². The van der Waals surface area contributed by atoms with Crippen molar-refractivity contribution in [1.82, 2.24) is 9.03 Å². The van der Waals surface area contributed by atoms with Gasteiger partial charge >= 0.3 is 16.3 Å². The van der Waals surface area contributed by atoms with Gasteiger partial charge in [-0.25, -0.2) is 9.52 Å². The van der Waals surface area contributed by atoms with Gasteiger partial charge in [-0.1, -0.05) is 22.9 Å². The van der Waals surface area contributed by atoms with Crippen LogP contribution in [0.4, 0.5) is 4.79 Å². The van der Waals surface area contributed by atoms with Crippen LogP contribution in [-0.2, 0) is 14.9 Å². The van der Waals surface area contributed by atoms with Crippen molar-refractivity contribution < 1.29 is 17.9 Å². The van der Waals surface area contributed by atoms with Crippen LogP contribution in [0.2, 0.25) is 0 Å². The predicted molar refractivity (Wildman–Crippen MR) is 69.3 cm³/mol. The topological polar surface area (TPSA) is 75.7 Å². The first-order chi connectivity index (χ1) is 7.65. The standard InChI is InChI=1S/C9H19BrN2O4S/c1-7(2)16-9(13)11-17(14,15)12(4)6-5-8(3)10/h7-8H,5-6H2,1-4H3,(H,11,13). The van der Waals surface area contributed by atoms with Crippen LogP contribution >= 0.6 is 15.9 Å². The summed E-state index contributed by atoms with van der Waals surface area (Å²) < 4.78 is 30.9. The molecule has 1 amide bonds. The minimum atomic E-state index is -3.81. The molecule has 1 unspecified atom stereocenters. The molecular weight excluding hydrogens is 312 g/mol. The van der Waals surface area contributed by atoms with E-state index in [-0.39, 0.29) is 10.9 Å². The highest BCUT2D eigenvalue weighted by Crippen LogP contribution is 2.06. The van der Waals surface area contributed by atoms with Crippen LogP contribution in [0.5, 0.6) is 0 Å². The molecule has 0 bridgehead atoms.